The maximum Gasteiger partial charge on any atom is 0.386 e. The molecule has 0 spiro atoms. The molecule has 1 aromatic heterocycles. The van der Waals surface area contributed by atoms with Gasteiger partial charge in [0.05, 0.1) is 21.1 Å². The second-order valence-corrected chi connectivity index (χ2v) is 4.56. The molecule has 3 nitrogen and oxygen atoms in total. The van der Waals surface area contributed by atoms with E-state index in [1.807, 2.05) is 11.5 Å². The van der Waals surface area contributed by atoms with E-state index < -0.39 is 6.18 Å². The maximum absolute atomic E-state index is 10.4. The van der Waals surface area contributed by atoms with Gasteiger partial charge < -0.3 is 10.3 Å². The van der Waals surface area contributed by atoms with Crippen molar-refractivity contribution in [3.63, 3.8) is 0 Å². The van der Waals surface area contributed by atoms with Crippen molar-refractivity contribution >= 4 is 40.2 Å². The summed E-state index contributed by atoms with van der Waals surface area (Å²) in [4.78, 5) is 4.18. The minimum absolute atomic E-state index is 0.188. The molecule has 1 heterocycles. The predicted octanol–water partition coefficient (Wildman–Crippen LogP) is 4.51. The molecule has 0 atom stereocenters. The lowest BCUT2D eigenvalue weighted by Gasteiger charge is -2.01. The molecule has 0 amide bonds. The summed E-state index contributed by atoms with van der Waals surface area (Å²) >= 11 is 11.8. The van der Waals surface area contributed by atoms with Crippen molar-refractivity contribution in [1.29, 1.82) is 0 Å². The highest BCUT2D eigenvalue weighted by molar-refractivity contribution is 6.42. The zero-order valence-corrected chi connectivity index (χ0v) is 11.7. The van der Waals surface area contributed by atoms with Gasteiger partial charge in [0.25, 0.3) is 0 Å². The molecule has 2 N–H and O–H groups in total. The van der Waals surface area contributed by atoms with Crippen molar-refractivity contribution in [1.82, 2.24) is 9.55 Å². The molecule has 19 heavy (non-hydrogen) atoms. The van der Waals surface area contributed by atoms with E-state index in [0.717, 1.165) is 17.6 Å². The fourth-order valence-corrected chi connectivity index (χ4v) is 1.79. The van der Waals surface area contributed by atoms with Gasteiger partial charge in [-0.3, -0.25) is 0 Å². The number of halogens is 5. The SMILES string of the molecule is CC(F)(F)F.CCn1c(N)nc2cc(Cl)c(Cl)cc21. The number of nitrogens with two attached hydrogens (primary N) is 1. The molecule has 0 saturated carbocycles. The number of alkyl halides is 3. The summed E-state index contributed by atoms with van der Waals surface area (Å²) in [6, 6.07) is 3.51. The smallest absolute Gasteiger partial charge is 0.369 e. The number of aromatic nitrogens is 2. The fourth-order valence-electron chi connectivity index (χ4n) is 1.47. The number of imidazole rings is 1. The van der Waals surface area contributed by atoms with E-state index in [4.69, 9.17) is 28.9 Å². The number of anilines is 1. The van der Waals surface area contributed by atoms with E-state index in [-0.39, 0.29) is 6.92 Å². The van der Waals surface area contributed by atoms with Crippen LogP contribution in [0.5, 0.6) is 0 Å². The lowest BCUT2D eigenvalue weighted by Crippen LogP contribution is -2.00. The first-order chi connectivity index (χ1) is 8.63. The van der Waals surface area contributed by atoms with E-state index in [1.54, 1.807) is 12.1 Å². The zero-order valence-electron chi connectivity index (χ0n) is 10.2. The first kappa shape index (κ1) is 15.9. The fraction of sp³-hybridized carbons (Fsp3) is 0.364. The highest BCUT2D eigenvalue weighted by Crippen LogP contribution is 2.28. The standard InChI is InChI=1S/C9H9Cl2N3.C2H3F3/c1-2-14-8-4-6(11)5(10)3-7(8)13-9(14)12;1-2(3,4)5/h3-4H,2H2,1H3,(H2,12,13);1H3. The summed E-state index contributed by atoms with van der Waals surface area (Å²) in [5.41, 5.74) is 7.42. The van der Waals surface area contributed by atoms with Crippen molar-refractivity contribution in [3.8, 4) is 0 Å². The van der Waals surface area contributed by atoms with Gasteiger partial charge in [0.1, 0.15) is 0 Å². The normalized spacial score (nSPS) is 11.3. The lowest BCUT2D eigenvalue weighted by molar-refractivity contribution is -0.110. The second-order valence-electron chi connectivity index (χ2n) is 3.75. The van der Waals surface area contributed by atoms with Gasteiger partial charge >= 0.3 is 6.18 Å². The molecule has 2 rings (SSSR count). The Labute approximate surface area is 118 Å². The molecule has 0 aliphatic rings. The minimum atomic E-state index is -4.00. The summed E-state index contributed by atoms with van der Waals surface area (Å²) in [5.74, 6) is 0.487. The molecule has 0 bridgehead atoms. The van der Waals surface area contributed by atoms with Gasteiger partial charge in [-0.05, 0) is 19.1 Å². The van der Waals surface area contributed by atoms with Gasteiger partial charge in [-0.15, -0.1) is 0 Å². The average Bonchev–Trinajstić information content (AvgIpc) is 2.51. The molecule has 106 valence electrons. The number of fused-ring (bicyclic) bond motifs is 1. The molecular weight excluding hydrogens is 302 g/mol. The first-order valence-electron chi connectivity index (χ1n) is 5.31. The van der Waals surface area contributed by atoms with Crippen LogP contribution in [0.4, 0.5) is 19.1 Å². The Morgan fingerprint density at radius 2 is 1.74 bits per heavy atom. The molecule has 0 saturated heterocycles. The molecule has 2 aromatic rings. The molecule has 8 heteroatoms. The van der Waals surface area contributed by atoms with Crippen LogP contribution in [0.25, 0.3) is 11.0 Å². The number of nitrogen functional groups attached to an aromatic ring is 1. The van der Waals surface area contributed by atoms with Crippen molar-refractivity contribution in [3.05, 3.63) is 22.2 Å². The molecule has 0 unspecified atom stereocenters. The van der Waals surface area contributed by atoms with Crippen molar-refractivity contribution in [2.24, 2.45) is 0 Å². The highest BCUT2D eigenvalue weighted by Gasteiger charge is 2.15. The Balaban J connectivity index is 0.000000312. The van der Waals surface area contributed by atoms with Crippen LogP contribution >= 0.6 is 23.2 Å². The van der Waals surface area contributed by atoms with Crippen LogP contribution in [0, 0.1) is 0 Å². The van der Waals surface area contributed by atoms with Crippen LogP contribution in [-0.2, 0) is 6.54 Å². The summed E-state index contributed by atoms with van der Waals surface area (Å²) in [6.45, 7) is 2.95. The van der Waals surface area contributed by atoms with Crippen LogP contribution in [0.15, 0.2) is 12.1 Å². The Morgan fingerprint density at radius 1 is 1.26 bits per heavy atom. The van der Waals surface area contributed by atoms with Crippen LogP contribution in [0.1, 0.15) is 13.8 Å². The van der Waals surface area contributed by atoms with Crippen molar-refractivity contribution < 1.29 is 13.2 Å². The lowest BCUT2D eigenvalue weighted by atomic mass is 10.3. The Kier molecular flexibility index (Phi) is 4.92. The highest BCUT2D eigenvalue weighted by atomic mass is 35.5. The quantitative estimate of drug-likeness (QED) is 0.841. The zero-order chi connectivity index (χ0) is 14.8. The molecule has 0 radical (unpaired) electrons. The summed E-state index contributed by atoms with van der Waals surface area (Å²) < 4.78 is 32.9. The number of benzene rings is 1. The maximum atomic E-state index is 10.4. The number of nitrogens with zero attached hydrogens (tertiary/aromatic N) is 2. The van der Waals surface area contributed by atoms with Gasteiger partial charge in [-0.2, -0.15) is 13.2 Å². The molecule has 0 aliphatic heterocycles. The minimum Gasteiger partial charge on any atom is -0.369 e. The number of hydrogen-bond acceptors (Lipinski definition) is 2. The first-order valence-corrected chi connectivity index (χ1v) is 6.06. The Hall–Kier alpha value is -1.14. The van der Waals surface area contributed by atoms with E-state index in [0.29, 0.717) is 16.0 Å². The third kappa shape index (κ3) is 4.47. The molecular formula is C11H12Cl2F3N3. The third-order valence-electron chi connectivity index (χ3n) is 2.14. The predicted molar refractivity (Wildman–Crippen MR) is 71.6 cm³/mol. The van der Waals surface area contributed by atoms with Gasteiger partial charge in [0, 0.05) is 13.5 Å². The van der Waals surface area contributed by atoms with E-state index in [2.05, 4.69) is 4.98 Å². The van der Waals surface area contributed by atoms with E-state index in [1.165, 1.54) is 0 Å². The van der Waals surface area contributed by atoms with Gasteiger partial charge in [-0.25, -0.2) is 4.98 Å². The van der Waals surface area contributed by atoms with Crippen LogP contribution in [-0.4, -0.2) is 15.7 Å². The van der Waals surface area contributed by atoms with Gasteiger partial charge in [0.2, 0.25) is 5.95 Å². The monoisotopic (exact) mass is 313 g/mol. The summed E-state index contributed by atoms with van der Waals surface area (Å²) in [6.07, 6.45) is -4.00. The Bertz CT molecular complexity index is 573. The summed E-state index contributed by atoms with van der Waals surface area (Å²) in [7, 11) is 0. The molecule has 0 fully saturated rings. The third-order valence-corrected chi connectivity index (χ3v) is 2.86. The van der Waals surface area contributed by atoms with Crippen molar-refractivity contribution in [2.45, 2.75) is 26.6 Å². The molecule has 0 aliphatic carbocycles. The van der Waals surface area contributed by atoms with Crippen LogP contribution in [0.2, 0.25) is 10.0 Å². The van der Waals surface area contributed by atoms with Crippen LogP contribution in [0.3, 0.4) is 0 Å². The summed E-state index contributed by atoms with van der Waals surface area (Å²) in [5, 5.41) is 1.02. The molecule has 1 aromatic carbocycles. The topological polar surface area (TPSA) is 43.8 Å². The average molecular weight is 314 g/mol. The Morgan fingerprint density at radius 3 is 2.21 bits per heavy atom. The van der Waals surface area contributed by atoms with Crippen LogP contribution < -0.4 is 5.73 Å². The van der Waals surface area contributed by atoms with Crippen molar-refractivity contribution in [2.75, 3.05) is 5.73 Å². The largest absolute Gasteiger partial charge is 0.386 e. The van der Waals surface area contributed by atoms with E-state index in [9.17, 15) is 13.2 Å². The van der Waals surface area contributed by atoms with Gasteiger partial charge in [0.15, 0.2) is 0 Å². The van der Waals surface area contributed by atoms with Gasteiger partial charge in [-0.1, -0.05) is 23.2 Å². The number of aryl methyl sites for hydroxylation is 1. The number of rotatable bonds is 1. The van der Waals surface area contributed by atoms with E-state index >= 15 is 0 Å². The number of hydrogen-bond donors (Lipinski definition) is 1. The second kappa shape index (κ2) is 5.88.